The van der Waals surface area contributed by atoms with Gasteiger partial charge in [-0.15, -0.1) is 0 Å². The van der Waals surface area contributed by atoms with Crippen LogP contribution in [0.25, 0.3) is 0 Å². The van der Waals surface area contributed by atoms with Crippen LogP contribution in [-0.2, 0) is 9.47 Å². The Kier molecular flexibility index (Phi) is 2.55. The second kappa shape index (κ2) is 3.53. The highest BCUT2D eigenvalue weighted by Crippen LogP contribution is 2.37. The molecule has 13 heavy (non-hydrogen) atoms. The molecule has 0 bridgehead atoms. The smallest absolute Gasteiger partial charge is 0.170 e. The van der Waals surface area contributed by atoms with Crippen molar-refractivity contribution in [3.05, 3.63) is 0 Å². The van der Waals surface area contributed by atoms with Gasteiger partial charge >= 0.3 is 0 Å². The number of aliphatic hydroxyl groups is 1. The molecule has 76 valence electrons. The number of ether oxygens (including phenoxy) is 2. The molecule has 0 radical (unpaired) electrons. The molecule has 1 saturated carbocycles. The van der Waals surface area contributed by atoms with Gasteiger partial charge in [0.25, 0.3) is 0 Å². The predicted molar refractivity (Wildman–Crippen MR) is 47.0 cm³/mol. The van der Waals surface area contributed by atoms with Crippen LogP contribution in [0, 0.1) is 5.92 Å². The molecule has 1 heterocycles. The van der Waals surface area contributed by atoms with Crippen LogP contribution in [-0.4, -0.2) is 36.8 Å². The predicted octanol–water partition coefficient (Wildman–Crippen LogP) is -0.151. The fraction of sp³-hybridized carbons (Fsp3) is 1.00. The Balaban J connectivity index is 1.97. The minimum Gasteiger partial charge on any atom is -0.396 e. The molecule has 2 atom stereocenters. The Labute approximate surface area is 78.0 Å². The van der Waals surface area contributed by atoms with Gasteiger partial charge in [0.2, 0.25) is 0 Å². The van der Waals surface area contributed by atoms with E-state index in [0.717, 1.165) is 19.3 Å². The summed E-state index contributed by atoms with van der Waals surface area (Å²) in [5.74, 6) is -0.191. The molecule has 3 N–H and O–H groups in total. The summed E-state index contributed by atoms with van der Waals surface area (Å²) < 4.78 is 11.1. The van der Waals surface area contributed by atoms with Crippen molar-refractivity contribution in [3.8, 4) is 0 Å². The first-order chi connectivity index (χ1) is 6.26. The third-order valence-corrected chi connectivity index (χ3v) is 3.10. The standard InChI is InChI=1S/C9H17NO3/c10-8-5-9(12-3-4-13-9)2-1-7(8)6-11/h7-8,11H,1-6,10H2. The lowest BCUT2D eigenvalue weighted by Gasteiger charge is -2.38. The van der Waals surface area contributed by atoms with Crippen molar-refractivity contribution >= 4 is 0 Å². The van der Waals surface area contributed by atoms with E-state index in [4.69, 9.17) is 20.3 Å². The average molecular weight is 187 g/mol. The van der Waals surface area contributed by atoms with Gasteiger partial charge in [0, 0.05) is 25.5 Å². The first-order valence-electron chi connectivity index (χ1n) is 4.90. The van der Waals surface area contributed by atoms with Crippen molar-refractivity contribution < 1.29 is 14.6 Å². The summed E-state index contributed by atoms with van der Waals surface area (Å²) in [6.07, 6.45) is 2.49. The molecular formula is C9H17NO3. The van der Waals surface area contributed by atoms with E-state index in [1.54, 1.807) is 0 Å². The second-order valence-electron chi connectivity index (χ2n) is 3.96. The van der Waals surface area contributed by atoms with E-state index in [1.807, 2.05) is 0 Å². The van der Waals surface area contributed by atoms with E-state index in [2.05, 4.69) is 0 Å². The van der Waals surface area contributed by atoms with Crippen LogP contribution < -0.4 is 5.73 Å². The first-order valence-corrected chi connectivity index (χ1v) is 4.90. The van der Waals surface area contributed by atoms with E-state index in [-0.39, 0.29) is 18.6 Å². The van der Waals surface area contributed by atoms with Crippen molar-refractivity contribution in [2.75, 3.05) is 19.8 Å². The fourth-order valence-electron chi connectivity index (χ4n) is 2.23. The Morgan fingerprint density at radius 1 is 1.38 bits per heavy atom. The van der Waals surface area contributed by atoms with Crippen LogP contribution in [0.5, 0.6) is 0 Å². The molecule has 4 heteroatoms. The molecule has 1 spiro atoms. The average Bonchev–Trinajstić information content (AvgIpc) is 2.54. The molecule has 2 unspecified atom stereocenters. The van der Waals surface area contributed by atoms with Crippen LogP contribution in [0.4, 0.5) is 0 Å². The summed E-state index contributed by atoms with van der Waals surface area (Å²) in [6.45, 7) is 1.53. The zero-order valence-electron chi connectivity index (χ0n) is 7.74. The van der Waals surface area contributed by atoms with E-state index < -0.39 is 5.79 Å². The molecule has 0 aromatic carbocycles. The van der Waals surface area contributed by atoms with Crippen LogP contribution in [0.3, 0.4) is 0 Å². The molecule has 1 saturated heterocycles. The SMILES string of the molecule is NC1CC2(CCC1CO)OCCO2. The van der Waals surface area contributed by atoms with Gasteiger partial charge in [-0.2, -0.15) is 0 Å². The number of hydrogen-bond acceptors (Lipinski definition) is 4. The molecule has 2 aliphatic rings. The van der Waals surface area contributed by atoms with E-state index in [1.165, 1.54) is 0 Å². The molecule has 0 aromatic rings. The second-order valence-corrected chi connectivity index (χ2v) is 3.96. The summed E-state index contributed by atoms with van der Waals surface area (Å²) in [6, 6.07) is 0.0110. The van der Waals surface area contributed by atoms with Crippen LogP contribution in [0.2, 0.25) is 0 Å². The first kappa shape index (κ1) is 9.40. The monoisotopic (exact) mass is 187 g/mol. The topological polar surface area (TPSA) is 64.7 Å². The van der Waals surface area contributed by atoms with Gasteiger partial charge in [0.1, 0.15) is 0 Å². The number of nitrogens with two attached hydrogens (primary N) is 1. The van der Waals surface area contributed by atoms with Gasteiger partial charge in [0.05, 0.1) is 13.2 Å². The zero-order valence-corrected chi connectivity index (χ0v) is 7.74. The highest BCUT2D eigenvalue weighted by molar-refractivity contribution is 4.89. The third-order valence-electron chi connectivity index (χ3n) is 3.10. The molecule has 4 nitrogen and oxygen atoms in total. The summed E-state index contributed by atoms with van der Waals surface area (Å²) in [4.78, 5) is 0. The van der Waals surface area contributed by atoms with Crippen molar-refractivity contribution in [2.24, 2.45) is 11.7 Å². The van der Waals surface area contributed by atoms with Gasteiger partial charge < -0.3 is 20.3 Å². The summed E-state index contributed by atoms with van der Waals surface area (Å²) in [7, 11) is 0. The maximum Gasteiger partial charge on any atom is 0.170 e. The van der Waals surface area contributed by atoms with Crippen LogP contribution in [0.1, 0.15) is 19.3 Å². The zero-order chi connectivity index (χ0) is 9.31. The number of rotatable bonds is 1. The number of aliphatic hydroxyl groups excluding tert-OH is 1. The van der Waals surface area contributed by atoms with Gasteiger partial charge in [-0.25, -0.2) is 0 Å². The van der Waals surface area contributed by atoms with Gasteiger partial charge in [-0.05, 0) is 12.3 Å². The van der Waals surface area contributed by atoms with Gasteiger partial charge in [-0.3, -0.25) is 0 Å². The molecule has 2 rings (SSSR count). The van der Waals surface area contributed by atoms with Crippen molar-refractivity contribution in [3.63, 3.8) is 0 Å². The van der Waals surface area contributed by atoms with Crippen molar-refractivity contribution in [1.29, 1.82) is 0 Å². The van der Waals surface area contributed by atoms with Crippen molar-refractivity contribution in [2.45, 2.75) is 31.1 Å². The molecule has 0 amide bonds. The van der Waals surface area contributed by atoms with Gasteiger partial charge in [0.15, 0.2) is 5.79 Å². The molecular weight excluding hydrogens is 170 g/mol. The normalized spacial score (nSPS) is 38.3. The van der Waals surface area contributed by atoms with E-state index in [0.29, 0.717) is 13.2 Å². The Hall–Kier alpha value is -0.160. The lowest BCUT2D eigenvalue weighted by Crippen LogP contribution is -2.47. The van der Waals surface area contributed by atoms with Gasteiger partial charge in [-0.1, -0.05) is 0 Å². The molecule has 0 aromatic heterocycles. The Morgan fingerprint density at radius 2 is 2.08 bits per heavy atom. The summed E-state index contributed by atoms with van der Waals surface area (Å²) in [5.41, 5.74) is 5.92. The number of hydrogen-bond donors (Lipinski definition) is 2. The minimum absolute atomic E-state index is 0.0110. The summed E-state index contributed by atoms with van der Waals surface area (Å²) in [5, 5.41) is 9.03. The van der Waals surface area contributed by atoms with Crippen LogP contribution in [0.15, 0.2) is 0 Å². The highest BCUT2D eigenvalue weighted by Gasteiger charge is 2.43. The van der Waals surface area contributed by atoms with Crippen molar-refractivity contribution in [1.82, 2.24) is 0 Å². The fourth-order valence-corrected chi connectivity index (χ4v) is 2.23. The maximum absolute atomic E-state index is 9.03. The lowest BCUT2D eigenvalue weighted by molar-refractivity contribution is -0.187. The Morgan fingerprint density at radius 3 is 2.62 bits per heavy atom. The highest BCUT2D eigenvalue weighted by atomic mass is 16.7. The largest absolute Gasteiger partial charge is 0.396 e. The summed E-state index contributed by atoms with van der Waals surface area (Å²) >= 11 is 0. The third kappa shape index (κ3) is 1.72. The maximum atomic E-state index is 9.03. The Bertz CT molecular complexity index is 180. The molecule has 1 aliphatic carbocycles. The van der Waals surface area contributed by atoms with Crippen LogP contribution >= 0.6 is 0 Å². The van der Waals surface area contributed by atoms with E-state index in [9.17, 15) is 0 Å². The molecule has 2 fully saturated rings. The minimum atomic E-state index is -0.412. The quantitative estimate of drug-likeness (QED) is 0.599. The lowest BCUT2D eigenvalue weighted by atomic mass is 9.82. The molecule has 1 aliphatic heterocycles. The van der Waals surface area contributed by atoms with E-state index >= 15 is 0 Å².